The van der Waals surface area contributed by atoms with Gasteiger partial charge < -0.3 is 10.4 Å². The van der Waals surface area contributed by atoms with Gasteiger partial charge in [0.05, 0.1) is 6.61 Å². The highest BCUT2D eigenvalue weighted by Gasteiger charge is 2.30. The van der Waals surface area contributed by atoms with E-state index < -0.39 is 0 Å². The van der Waals surface area contributed by atoms with Gasteiger partial charge in [-0.1, -0.05) is 12.8 Å². The lowest BCUT2D eigenvalue weighted by Crippen LogP contribution is -2.35. The fraction of sp³-hybridized carbons (Fsp3) is 1.00. The van der Waals surface area contributed by atoms with E-state index >= 15 is 0 Å². The van der Waals surface area contributed by atoms with Gasteiger partial charge in [0.25, 0.3) is 0 Å². The molecule has 2 rings (SSSR count). The Kier molecular flexibility index (Phi) is 2.66. The van der Waals surface area contributed by atoms with Crippen molar-refractivity contribution in [3.05, 3.63) is 0 Å². The lowest BCUT2D eigenvalue weighted by molar-refractivity contribution is 0.245. The SMILES string of the molecule is OCC1CCC(C2CCCC2)N1. The van der Waals surface area contributed by atoms with Gasteiger partial charge in [-0.25, -0.2) is 0 Å². The molecule has 1 aliphatic carbocycles. The summed E-state index contributed by atoms with van der Waals surface area (Å²) in [6, 6.07) is 1.13. The summed E-state index contributed by atoms with van der Waals surface area (Å²) in [6.07, 6.45) is 8.14. The van der Waals surface area contributed by atoms with Crippen molar-refractivity contribution in [2.24, 2.45) is 5.92 Å². The number of aliphatic hydroxyl groups is 1. The summed E-state index contributed by atoms with van der Waals surface area (Å²) < 4.78 is 0. The van der Waals surface area contributed by atoms with Crippen molar-refractivity contribution >= 4 is 0 Å². The largest absolute Gasteiger partial charge is 0.395 e. The molecule has 70 valence electrons. The third kappa shape index (κ3) is 1.64. The van der Waals surface area contributed by atoms with Crippen molar-refractivity contribution in [3.63, 3.8) is 0 Å². The number of rotatable bonds is 2. The smallest absolute Gasteiger partial charge is 0.0584 e. The normalized spacial score (nSPS) is 37.8. The molecule has 0 radical (unpaired) electrons. The van der Waals surface area contributed by atoms with Crippen molar-refractivity contribution in [2.45, 2.75) is 50.6 Å². The van der Waals surface area contributed by atoms with E-state index in [-0.39, 0.29) is 0 Å². The molecule has 0 aromatic carbocycles. The molecule has 1 heterocycles. The molecule has 0 bridgehead atoms. The Labute approximate surface area is 74.4 Å². The predicted octanol–water partition coefficient (Wildman–Crippen LogP) is 1.29. The minimum absolute atomic E-state index is 0.323. The number of nitrogens with one attached hydrogen (secondary N) is 1. The van der Waals surface area contributed by atoms with E-state index in [1.54, 1.807) is 0 Å². The highest BCUT2D eigenvalue weighted by Crippen LogP contribution is 2.32. The van der Waals surface area contributed by atoms with Crippen LogP contribution in [0.15, 0.2) is 0 Å². The van der Waals surface area contributed by atoms with Gasteiger partial charge in [-0.2, -0.15) is 0 Å². The lowest BCUT2D eigenvalue weighted by atomic mass is 9.97. The predicted molar refractivity (Wildman–Crippen MR) is 49.0 cm³/mol. The molecule has 12 heavy (non-hydrogen) atoms. The fourth-order valence-electron chi connectivity index (χ4n) is 2.73. The average Bonchev–Trinajstić information content (AvgIpc) is 2.75. The molecule has 0 amide bonds. The molecule has 1 saturated heterocycles. The zero-order chi connectivity index (χ0) is 8.39. The van der Waals surface area contributed by atoms with Crippen LogP contribution in [-0.2, 0) is 0 Å². The first-order valence-corrected chi connectivity index (χ1v) is 5.27. The zero-order valence-corrected chi connectivity index (χ0v) is 7.63. The van der Waals surface area contributed by atoms with E-state index in [9.17, 15) is 0 Å². The molecule has 0 aromatic rings. The molecular weight excluding hydrogens is 150 g/mol. The molecule has 2 N–H and O–H groups in total. The first kappa shape index (κ1) is 8.52. The van der Waals surface area contributed by atoms with Gasteiger partial charge in [-0.3, -0.25) is 0 Å². The van der Waals surface area contributed by atoms with E-state index in [0.717, 1.165) is 12.0 Å². The van der Waals surface area contributed by atoms with E-state index in [1.165, 1.54) is 38.5 Å². The molecule has 2 heteroatoms. The Morgan fingerprint density at radius 1 is 1.08 bits per heavy atom. The standard InChI is InChI=1S/C10H19NO/c12-7-9-5-6-10(11-9)8-3-1-2-4-8/h8-12H,1-7H2. The van der Waals surface area contributed by atoms with E-state index in [4.69, 9.17) is 5.11 Å². The first-order valence-electron chi connectivity index (χ1n) is 5.27. The van der Waals surface area contributed by atoms with Crippen LogP contribution >= 0.6 is 0 Å². The maximum absolute atomic E-state index is 8.96. The summed E-state index contributed by atoms with van der Waals surface area (Å²) in [6.45, 7) is 0.323. The maximum Gasteiger partial charge on any atom is 0.0584 e. The second-order valence-electron chi connectivity index (χ2n) is 4.27. The summed E-state index contributed by atoms with van der Waals surface area (Å²) in [5, 5.41) is 12.5. The highest BCUT2D eigenvalue weighted by atomic mass is 16.3. The van der Waals surface area contributed by atoms with Crippen molar-refractivity contribution in [2.75, 3.05) is 6.61 Å². The first-order chi connectivity index (χ1) is 5.90. The molecule has 2 fully saturated rings. The van der Waals surface area contributed by atoms with Crippen LogP contribution in [0.1, 0.15) is 38.5 Å². The maximum atomic E-state index is 8.96. The van der Waals surface area contributed by atoms with Crippen LogP contribution < -0.4 is 5.32 Å². The number of hydrogen-bond donors (Lipinski definition) is 2. The van der Waals surface area contributed by atoms with Crippen LogP contribution in [0.5, 0.6) is 0 Å². The average molecular weight is 169 g/mol. The lowest BCUT2D eigenvalue weighted by Gasteiger charge is -2.19. The molecule has 2 aliphatic rings. The van der Waals surface area contributed by atoms with E-state index in [1.807, 2.05) is 0 Å². The van der Waals surface area contributed by atoms with Gasteiger partial charge in [0.15, 0.2) is 0 Å². The zero-order valence-electron chi connectivity index (χ0n) is 7.63. The molecule has 1 saturated carbocycles. The topological polar surface area (TPSA) is 32.3 Å². The second-order valence-corrected chi connectivity index (χ2v) is 4.27. The molecule has 2 nitrogen and oxygen atoms in total. The van der Waals surface area contributed by atoms with Crippen LogP contribution in [0, 0.1) is 5.92 Å². The second kappa shape index (κ2) is 3.75. The molecule has 0 spiro atoms. The van der Waals surface area contributed by atoms with Crippen LogP contribution in [0.2, 0.25) is 0 Å². The summed E-state index contributed by atoms with van der Waals surface area (Å²) >= 11 is 0. The van der Waals surface area contributed by atoms with Crippen LogP contribution in [0.4, 0.5) is 0 Å². The van der Waals surface area contributed by atoms with Crippen molar-refractivity contribution in [1.29, 1.82) is 0 Å². The van der Waals surface area contributed by atoms with Gasteiger partial charge in [-0.05, 0) is 31.6 Å². The van der Waals surface area contributed by atoms with Crippen LogP contribution in [0.25, 0.3) is 0 Å². The van der Waals surface area contributed by atoms with Crippen LogP contribution in [-0.4, -0.2) is 23.8 Å². The Hall–Kier alpha value is -0.0800. The van der Waals surface area contributed by atoms with Gasteiger partial charge in [0.1, 0.15) is 0 Å². The highest BCUT2D eigenvalue weighted by molar-refractivity contribution is 4.89. The Morgan fingerprint density at radius 3 is 2.42 bits per heavy atom. The summed E-state index contributed by atoms with van der Waals surface area (Å²) in [4.78, 5) is 0. The minimum Gasteiger partial charge on any atom is -0.395 e. The van der Waals surface area contributed by atoms with Gasteiger partial charge >= 0.3 is 0 Å². The molecule has 2 atom stereocenters. The Bertz CT molecular complexity index is 143. The third-order valence-electron chi connectivity index (χ3n) is 3.47. The number of aliphatic hydroxyl groups excluding tert-OH is 1. The third-order valence-corrected chi connectivity index (χ3v) is 3.47. The molecular formula is C10H19NO. The Morgan fingerprint density at radius 2 is 1.83 bits per heavy atom. The molecule has 1 aliphatic heterocycles. The minimum atomic E-state index is 0.323. The van der Waals surface area contributed by atoms with Crippen molar-refractivity contribution in [3.8, 4) is 0 Å². The Balaban J connectivity index is 1.81. The fourth-order valence-corrected chi connectivity index (χ4v) is 2.73. The molecule has 2 unspecified atom stereocenters. The number of hydrogen-bond acceptors (Lipinski definition) is 2. The molecule has 0 aromatic heterocycles. The van der Waals surface area contributed by atoms with Gasteiger partial charge in [0, 0.05) is 12.1 Å². The quantitative estimate of drug-likeness (QED) is 0.653. The van der Waals surface area contributed by atoms with Crippen LogP contribution in [0.3, 0.4) is 0 Å². The van der Waals surface area contributed by atoms with E-state index in [2.05, 4.69) is 5.32 Å². The van der Waals surface area contributed by atoms with Gasteiger partial charge in [0.2, 0.25) is 0 Å². The van der Waals surface area contributed by atoms with Crippen molar-refractivity contribution in [1.82, 2.24) is 5.32 Å². The van der Waals surface area contributed by atoms with Crippen molar-refractivity contribution < 1.29 is 5.11 Å². The summed E-state index contributed by atoms with van der Waals surface area (Å²) in [7, 11) is 0. The summed E-state index contributed by atoms with van der Waals surface area (Å²) in [5.74, 6) is 0.918. The van der Waals surface area contributed by atoms with Gasteiger partial charge in [-0.15, -0.1) is 0 Å². The summed E-state index contributed by atoms with van der Waals surface area (Å²) in [5.41, 5.74) is 0. The monoisotopic (exact) mass is 169 g/mol. The van der Waals surface area contributed by atoms with E-state index in [0.29, 0.717) is 12.6 Å².